The summed E-state index contributed by atoms with van der Waals surface area (Å²) in [6.45, 7) is 0. The lowest BCUT2D eigenvalue weighted by atomic mass is 10.1. The van der Waals surface area contributed by atoms with E-state index in [1.54, 1.807) is 19.4 Å². The van der Waals surface area contributed by atoms with Gasteiger partial charge >= 0.3 is 12.1 Å². The molecule has 3 aromatic heterocycles. The van der Waals surface area contributed by atoms with Crippen molar-refractivity contribution in [2.75, 3.05) is 0 Å². The maximum Gasteiger partial charge on any atom is 0.490 e. The van der Waals surface area contributed by atoms with Crippen LogP contribution in [0.3, 0.4) is 0 Å². The highest BCUT2D eigenvalue weighted by atomic mass is 32.1. The molecule has 34 heavy (non-hydrogen) atoms. The smallest absolute Gasteiger partial charge is 0.475 e. The number of aryl methyl sites for hydroxylation is 1. The molecule has 4 aromatic rings. The van der Waals surface area contributed by atoms with Crippen LogP contribution in [0.1, 0.15) is 11.1 Å². The first-order chi connectivity index (χ1) is 16.1. The highest BCUT2D eigenvalue weighted by Gasteiger charge is 2.38. The average Bonchev–Trinajstić information content (AvgIpc) is 3.42. The number of aliphatic carboxylic acids is 1. The van der Waals surface area contributed by atoms with Gasteiger partial charge in [0.25, 0.3) is 5.56 Å². The number of hydrogen-bond acceptors (Lipinski definition) is 6. The van der Waals surface area contributed by atoms with E-state index in [-0.39, 0.29) is 11.7 Å². The normalized spacial score (nSPS) is 13.3. The molecule has 1 N–H and O–H groups in total. The highest BCUT2D eigenvalue weighted by Crippen LogP contribution is 2.37. The number of alkyl halides is 3. The SMILES string of the molecule is Cn1nc(OC2Cc3ccccc3C2)c2scc(-c3ccncc3)c2c1=O.O=C(O)C(F)(F)F. The predicted octanol–water partition coefficient (Wildman–Crippen LogP) is 4.24. The van der Waals surface area contributed by atoms with Crippen molar-refractivity contribution < 1.29 is 27.8 Å². The van der Waals surface area contributed by atoms with Gasteiger partial charge in [-0.3, -0.25) is 9.78 Å². The van der Waals surface area contributed by atoms with E-state index in [1.807, 2.05) is 17.5 Å². The largest absolute Gasteiger partial charge is 0.490 e. The third kappa shape index (κ3) is 4.79. The molecular formula is C23H18F3N3O4S. The van der Waals surface area contributed by atoms with Crippen LogP contribution in [0, 0.1) is 0 Å². The molecule has 3 heterocycles. The van der Waals surface area contributed by atoms with E-state index in [4.69, 9.17) is 14.6 Å². The fourth-order valence-corrected chi connectivity index (χ4v) is 4.69. The van der Waals surface area contributed by atoms with E-state index in [1.165, 1.54) is 27.1 Å². The van der Waals surface area contributed by atoms with Gasteiger partial charge < -0.3 is 9.84 Å². The van der Waals surface area contributed by atoms with Gasteiger partial charge in [0, 0.05) is 43.2 Å². The molecule has 7 nitrogen and oxygen atoms in total. The third-order valence-corrected chi connectivity index (χ3v) is 6.23. The zero-order chi connectivity index (χ0) is 24.5. The first kappa shape index (κ1) is 23.4. The van der Waals surface area contributed by atoms with Crippen molar-refractivity contribution in [1.82, 2.24) is 14.8 Å². The summed E-state index contributed by atoms with van der Waals surface area (Å²) in [5, 5.41) is 14.2. The number of halogens is 3. The van der Waals surface area contributed by atoms with Crippen molar-refractivity contribution >= 4 is 27.4 Å². The number of carbonyl (C=O) groups is 1. The van der Waals surface area contributed by atoms with Gasteiger partial charge in [-0.2, -0.15) is 13.2 Å². The number of rotatable bonds is 3. The quantitative estimate of drug-likeness (QED) is 0.463. The van der Waals surface area contributed by atoms with Crippen molar-refractivity contribution in [1.29, 1.82) is 0 Å². The molecule has 11 heteroatoms. The van der Waals surface area contributed by atoms with Gasteiger partial charge in [0.15, 0.2) is 0 Å². The Morgan fingerprint density at radius 1 is 1.15 bits per heavy atom. The number of pyridine rings is 1. The zero-order valence-corrected chi connectivity index (χ0v) is 18.6. The summed E-state index contributed by atoms with van der Waals surface area (Å²) >= 11 is 1.50. The topological polar surface area (TPSA) is 94.3 Å². The maximum absolute atomic E-state index is 12.8. The Hall–Kier alpha value is -3.73. The van der Waals surface area contributed by atoms with E-state index in [2.05, 4.69) is 34.3 Å². The molecule has 176 valence electrons. The maximum atomic E-state index is 12.8. The number of ether oxygens (including phenoxy) is 1. The van der Waals surface area contributed by atoms with Crippen molar-refractivity contribution in [2.45, 2.75) is 25.1 Å². The third-order valence-electron chi connectivity index (χ3n) is 5.26. The number of fused-ring (bicyclic) bond motifs is 2. The van der Waals surface area contributed by atoms with E-state index >= 15 is 0 Å². The number of hydrogen-bond donors (Lipinski definition) is 1. The van der Waals surface area contributed by atoms with Gasteiger partial charge in [-0.15, -0.1) is 16.4 Å². The van der Waals surface area contributed by atoms with Crippen molar-refractivity contribution in [3.8, 4) is 17.0 Å². The van der Waals surface area contributed by atoms with E-state index in [0.717, 1.165) is 28.7 Å². The molecule has 1 aliphatic rings. The molecule has 0 amide bonds. The molecule has 0 radical (unpaired) electrons. The minimum atomic E-state index is -5.08. The van der Waals surface area contributed by atoms with Crippen LogP contribution < -0.4 is 10.3 Å². The second-order valence-electron chi connectivity index (χ2n) is 7.54. The predicted molar refractivity (Wildman–Crippen MR) is 120 cm³/mol. The van der Waals surface area contributed by atoms with Gasteiger partial charge in [0.2, 0.25) is 5.88 Å². The number of aromatic nitrogens is 3. The number of thiophene rings is 1. The summed E-state index contributed by atoms with van der Waals surface area (Å²) in [5.74, 6) is -2.22. The first-order valence-corrected chi connectivity index (χ1v) is 11.0. The molecule has 1 aliphatic carbocycles. The molecule has 0 aliphatic heterocycles. The molecule has 0 fully saturated rings. The Bertz CT molecular complexity index is 1380. The molecule has 0 unspecified atom stereocenters. The summed E-state index contributed by atoms with van der Waals surface area (Å²) in [5.41, 5.74) is 4.42. The van der Waals surface area contributed by atoms with Crippen LogP contribution in [0.4, 0.5) is 13.2 Å². The second kappa shape index (κ2) is 9.26. The van der Waals surface area contributed by atoms with Gasteiger partial charge in [0.1, 0.15) is 10.8 Å². The first-order valence-electron chi connectivity index (χ1n) is 10.1. The molecule has 1 aromatic carbocycles. The standard InChI is InChI=1S/C21H17N3O2S.C2HF3O2/c1-24-21(25)18-17(13-6-8-22-9-7-13)12-27-19(18)20(23-24)26-16-10-14-4-2-3-5-15(14)11-16;3-2(4,5)1(6)7/h2-9,12,16H,10-11H2,1H3;(H,6,7). The Balaban J connectivity index is 0.000000344. The van der Waals surface area contributed by atoms with E-state index in [9.17, 15) is 18.0 Å². The van der Waals surface area contributed by atoms with Crippen molar-refractivity contribution in [2.24, 2.45) is 7.05 Å². The number of nitrogens with zero attached hydrogens (tertiary/aromatic N) is 3. The van der Waals surface area contributed by atoms with Crippen LogP contribution in [0.15, 0.2) is 59.0 Å². The Morgan fingerprint density at radius 2 is 1.74 bits per heavy atom. The number of carboxylic acid groups (broad SMARTS) is 1. The molecular weight excluding hydrogens is 471 g/mol. The fourth-order valence-electron chi connectivity index (χ4n) is 3.70. The van der Waals surface area contributed by atoms with Crippen LogP contribution in [0.2, 0.25) is 0 Å². The summed E-state index contributed by atoms with van der Waals surface area (Å²) in [7, 11) is 1.67. The molecule has 0 saturated heterocycles. The zero-order valence-electron chi connectivity index (χ0n) is 17.7. The Kier molecular flexibility index (Phi) is 6.38. The lowest BCUT2D eigenvalue weighted by Gasteiger charge is -2.13. The molecule has 0 saturated carbocycles. The van der Waals surface area contributed by atoms with Crippen LogP contribution >= 0.6 is 11.3 Å². The number of benzene rings is 1. The second-order valence-corrected chi connectivity index (χ2v) is 8.42. The summed E-state index contributed by atoms with van der Waals surface area (Å²) < 4.78 is 40.2. The van der Waals surface area contributed by atoms with Crippen molar-refractivity contribution in [3.05, 3.63) is 75.7 Å². The number of carboxylic acids is 1. The van der Waals surface area contributed by atoms with E-state index in [0.29, 0.717) is 11.3 Å². The minimum Gasteiger partial charge on any atom is -0.475 e. The van der Waals surface area contributed by atoms with Gasteiger partial charge in [-0.25, -0.2) is 9.48 Å². The van der Waals surface area contributed by atoms with Crippen LogP contribution in [0.25, 0.3) is 21.2 Å². The lowest BCUT2D eigenvalue weighted by molar-refractivity contribution is -0.192. The van der Waals surface area contributed by atoms with Crippen LogP contribution in [-0.2, 0) is 24.7 Å². The van der Waals surface area contributed by atoms with E-state index < -0.39 is 12.1 Å². The molecule has 0 spiro atoms. The van der Waals surface area contributed by atoms with Gasteiger partial charge in [-0.05, 0) is 28.8 Å². The summed E-state index contributed by atoms with van der Waals surface area (Å²) in [4.78, 5) is 25.7. The summed E-state index contributed by atoms with van der Waals surface area (Å²) in [6.07, 6.45) is 0.160. The molecule has 0 bridgehead atoms. The van der Waals surface area contributed by atoms with Crippen LogP contribution in [0.5, 0.6) is 5.88 Å². The summed E-state index contributed by atoms with van der Waals surface area (Å²) in [6, 6.07) is 12.2. The van der Waals surface area contributed by atoms with Crippen LogP contribution in [-0.4, -0.2) is 38.1 Å². The van der Waals surface area contributed by atoms with Gasteiger partial charge in [0.05, 0.1) is 5.39 Å². The minimum absolute atomic E-state index is 0.0436. The lowest BCUT2D eigenvalue weighted by Crippen LogP contribution is -2.23. The molecule has 0 atom stereocenters. The monoisotopic (exact) mass is 489 g/mol. The molecule has 5 rings (SSSR count). The highest BCUT2D eigenvalue weighted by molar-refractivity contribution is 7.18. The average molecular weight is 489 g/mol. The Labute approximate surface area is 195 Å². The fraction of sp³-hybridized carbons (Fsp3) is 0.217. The van der Waals surface area contributed by atoms with Gasteiger partial charge in [-0.1, -0.05) is 24.3 Å². The Morgan fingerprint density at radius 3 is 2.29 bits per heavy atom. The van der Waals surface area contributed by atoms with Crippen molar-refractivity contribution in [3.63, 3.8) is 0 Å².